The van der Waals surface area contributed by atoms with Gasteiger partial charge in [-0.1, -0.05) is 0 Å². The standard InChI is InChI=1S/C10H17NO3/c1-7(12)4-10(13)11-5-8(2)14-9(3)6-11/h8-9H,4-6H2,1-3H3/t8-,9+. The molecule has 0 aliphatic carbocycles. The van der Waals surface area contributed by atoms with Crippen LogP contribution in [-0.2, 0) is 14.3 Å². The lowest BCUT2D eigenvalue weighted by Gasteiger charge is -2.35. The Morgan fingerprint density at radius 2 is 1.79 bits per heavy atom. The highest BCUT2D eigenvalue weighted by Gasteiger charge is 2.25. The highest BCUT2D eigenvalue weighted by Crippen LogP contribution is 2.11. The maximum absolute atomic E-state index is 11.5. The van der Waals surface area contributed by atoms with Crippen molar-refractivity contribution in [1.82, 2.24) is 4.90 Å². The van der Waals surface area contributed by atoms with Gasteiger partial charge in [-0.25, -0.2) is 0 Å². The average Bonchev–Trinajstić information content (AvgIpc) is 2.00. The number of hydrogen-bond acceptors (Lipinski definition) is 3. The first-order valence-corrected chi connectivity index (χ1v) is 4.91. The molecule has 1 rings (SSSR count). The van der Waals surface area contributed by atoms with Crippen LogP contribution in [0.15, 0.2) is 0 Å². The quantitative estimate of drug-likeness (QED) is 0.612. The molecule has 0 N–H and O–H groups in total. The van der Waals surface area contributed by atoms with Crippen molar-refractivity contribution in [3.63, 3.8) is 0 Å². The predicted octanol–water partition coefficient (Wildman–Crippen LogP) is 0.601. The van der Waals surface area contributed by atoms with Crippen molar-refractivity contribution in [3.05, 3.63) is 0 Å². The first-order valence-electron chi connectivity index (χ1n) is 4.91. The van der Waals surface area contributed by atoms with Crippen molar-refractivity contribution in [2.45, 2.75) is 39.4 Å². The van der Waals surface area contributed by atoms with E-state index in [0.29, 0.717) is 13.1 Å². The summed E-state index contributed by atoms with van der Waals surface area (Å²) in [6.07, 6.45) is 0.142. The Kier molecular flexibility index (Phi) is 3.63. The molecule has 1 saturated heterocycles. The molecular formula is C10H17NO3. The summed E-state index contributed by atoms with van der Waals surface area (Å²) >= 11 is 0. The Hall–Kier alpha value is -0.900. The van der Waals surface area contributed by atoms with Gasteiger partial charge in [-0.2, -0.15) is 0 Å². The van der Waals surface area contributed by atoms with Gasteiger partial charge >= 0.3 is 0 Å². The first kappa shape index (κ1) is 11.2. The van der Waals surface area contributed by atoms with Crippen LogP contribution in [-0.4, -0.2) is 41.9 Å². The molecule has 0 aromatic rings. The van der Waals surface area contributed by atoms with Gasteiger partial charge in [0.15, 0.2) is 0 Å². The zero-order chi connectivity index (χ0) is 10.7. The van der Waals surface area contributed by atoms with Crippen molar-refractivity contribution >= 4 is 11.7 Å². The lowest BCUT2D eigenvalue weighted by atomic mass is 10.2. The second kappa shape index (κ2) is 4.55. The molecule has 0 aromatic heterocycles. The zero-order valence-corrected chi connectivity index (χ0v) is 8.95. The third kappa shape index (κ3) is 3.10. The van der Waals surface area contributed by atoms with E-state index in [2.05, 4.69) is 0 Å². The van der Waals surface area contributed by atoms with Gasteiger partial charge in [0.25, 0.3) is 0 Å². The molecule has 2 atom stereocenters. The van der Waals surface area contributed by atoms with Crippen LogP contribution in [0.1, 0.15) is 27.2 Å². The fourth-order valence-electron chi connectivity index (χ4n) is 1.71. The molecule has 1 fully saturated rings. The van der Waals surface area contributed by atoms with E-state index in [1.165, 1.54) is 6.92 Å². The van der Waals surface area contributed by atoms with E-state index in [0.717, 1.165) is 0 Å². The fourth-order valence-corrected chi connectivity index (χ4v) is 1.71. The van der Waals surface area contributed by atoms with E-state index in [-0.39, 0.29) is 30.3 Å². The van der Waals surface area contributed by atoms with Crippen molar-refractivity contribution in [1.29, 1.82) is 0 Å². The third-order valence-electron chi connectivity index (χ3n) is 2.17. The number of nitrogens with zero attached hydrogens (tertiary/aromatic N) is 1. The highest BCUT2D eigenvalue weighted by molar-refractivity contribution is 5.96. The minimum absolute atomic E-state index is 0.0133. The number of ether oxygens (including phenoxy) is 1. The van der Waals surface area contributed by atoms with E-state index < -0.39 is 0 Å². The highest BCUT2D eigenvalue weighted by atomic mass is 16.5. The number of carbonyl (C=O) groups is 2. The Morgan fingerprint density at radius 1 is 1.29 bits per heavy atom. The number of rotatable bonds is 2. The van der Waals surface area contributed by atoms with Crippen molar-refractivity contribution < 1.29 is 14.3 Å². The van der Waals surface area contributed by atoms with Gasteiger partial charge in [0.2, 0.25) is 5.91 Å². The Balaban J connectivity index is 2.50. The summed E-state index contributed by atoms with van der Waals surface area (Å²) in [5.41, 5.74) is 0. The molecule has 1 heterocycles. The Labute approximate surface area is 84.2 Å². The van der Waals surface area contributed by atoms with E-state index >= 15 is 0 Å². The van der Waals surface area contributed by atoms with Gasteiger partial charge in [-0.3, -0.25) is 9.59 Å². The lowest BCUT2D eigenvalue weighted by molar-refractivity contribution is -0.145. The van der Waals surface area contributed by atoms with E-state index in [1.54, 1.807) is 4.90 Å². The Morgan fingerprint density at radius 3 is 2.21 bits per heavy atom. The molecule has 0 spiro atoms. The minimum atomic E-state index is -0.0838. The van der Waals surface area contributed by atoms with Gasteiger partial charge in [0, 0.05) is 13.1 Å². The van der Waals surface area contributed by atoms with Gasteiger partial charge in [-0.15, -0.1) is 0 Å². The molecule has 80 valence electrons. The van der Waals surface area contributed by atoms with E-state index in [1.807, 2.05) is 13.8 Å². The number of morpholine rings is 1. The van der Waals surface area contributed by atoms with Crippen LogP contribution < -0.4 is 0 Å². The normalized spacial score (nSPS) is 27.5. The van der Waals surface area contributed by atoms with Crippen LogP contribution in [0.25, 0.3) is 0 Å². The molecule has 1 aliphatic heterocycles. The SMILES string of the molecule is CC(=O)CC(=O)N1C[C@@H](C)O[C@@H](C)C1. The van der Waals surface area contributed by atoms with Crippen LogP contribution >= 0.6 is 0 Å². The van der Waals surface area contributed by atoms with Gasteiger partial charge < -0.3 is 9.64 Å². The molecule has 14 heavy (non-hydrogen) atoms. The zero-order valence-electron chi connectivity index (χ0n) is 8.95. The Bertz CT molecular complexity index is 230. The minimum Gasteiger partial charge on any atom is -0.372 e. The smallest absolute Gasteiger partial charge is 0.230 e. The van der Waals surface area contributed by atoms with E-state index in [4.69, 9.17) is 4.74 Å². The molecule has 0 radical (unpaired) electrons. The predicted molar refractivity (Wildman–Crippen MR) is 51.9 cm³/mol. The van der Waals surface area contributed by atoms with Crippen LogP contribution in [0.4, 0.5) is 0 Å². The number of ketones is 1. The fraction of sp³-hybridized carbons (Fsp3) is 0.800. The second-order valence-electron chi connectivity index (χ2n) is 3.93. The van der Waals surface area contributed by atoms with Crippen LogP contribution in [0.5, 0.6) is 0 Å². The maximum atomic E-state index is 11.5. The number of hydrogen-bond donors (Lipinski definition) is 0. The average molecular weight is 199 g/mol. The first-order chi connectivity index (χ1) is 6.49. The van der Waals surface area contributed by atoms with Crippen molar-refractivity contribution in [3.8, 4) is 0 Å². The maximum Gasteiger partial charge on any atom is 0.230 e. The number of Topliss-reactive ketones (excluding diaryl/α,β-unsaturated/α-hetero) is 1. The van der Waals surface area contributed by atoms with Crippen LogP contribution in [0.3, 0.4) is 0 Å². The molecule has 0 saturated carbocycles. The van der Waals surface area contributed by atoms with Gasteiger partial charge in [-0.05, 0) is 20.8 Å². The second-order valence-corrected chi connectivity index (χ2v) is 3.93. The summed E-state index contributed by atoms with van der Waals surface area (Å²) in [5, 5.41) is 0. The summed E-state index contributed by atoms with van der Waals surface area (Å²) in [6, 6.07) is 0. The molecule has 0 bridgehead atoms. The number of carbonyl (C=O) groups excluding carboxylic acids is 2. The van der Waals surface area contributed by atoms with Crippen molar-refractivity contribution in [2.75, 3.05) is 13.1 Å². The summed E-state index contributed by atoms with van der Waals surface area (Å²) in [6.45, 7) is 6.49. The molecule has 1 amide bonds. The van der Waals surface area contributed by atoms with Crippen molar-refractivity contribution in [2.24, 2.45) is 0 Å². The van der Waals surface area contributed by atoms with Crippen LogP contribution in [0.2, 0.25) is 0 Å². The molecule has 4 heteroatoms. The molecule has 0 aromatic carbocycles. The van der Waals surface area contributed by atoms with E-state index in [9.17, 15) is 9.59 Å². The lowest BCUT2D eigenvalue weighted by Crippen LogP contribution is -2.48. The summed E-state index contributed by atoms with van der Waals surface area (Å²) in [7, 11) is 0. The van der Waals surface area contributed by atoms with Gasteiger partial charge in [0.05, 0.1) is 18.6 Å². The topological polar surface area (TPSA) is 46.6 Å². The summed E-state index contributed by atoms with van der Waals surface area (Å²) in [4.78, 5) is 24.0. The van der Waals surface area contributed by atoms with Gasteiger partial charge in [0.1, 0.15) is 5.78 Å². The third-order valence-corrected chi connectivity index (χ3v) is 2.17. The van der Waals surface area contributed by atoms with Crippen LogP contribution in [0, 0.1) is 0 Å². The summed E-state index contributed by atoms with van der Waals surface area (Å²) in [5.74, 6) is -0.165. The largest absolute Gasteiger partial charge is 0.372 e. The molecule has 4 nitrogen and oxygen atoms in total. The number of amides is 1. The monoisotopic (exact) mass is 199 g/mol. The molecule has 0 unspecified atom stereocenters. The molecule has 1 aliphatic rings. The molecular weight excluding hydrogens is 182 g/mol. The summed E-state index contributed by atoms with van der Waals surface area (Å²) < 4.78 is 5.49.